The van der Waals surface area contributed by atoms with E-state index in [0.717, 1.165) is 17.4 Å². The molecule has 1 atom stereocenters. The monoisotopic (exact) mass is 399 g/mol. The number of para-hydroxylation sites is 1. The van der Waals surface area contributed by atoms with E-state index < -0.39 is 18.6 Å². The molecule has 3 aromatic carbocycles. The number of hydrogen-bond donors (Lipinski definition) is 2. The number of anilines is 1. The van der Waals surface area contributed by atoms with Crippen LogP contribution in [-0.2, 0) is 4.79 Å². The Morgan fingerprint density at radius 3 is 2.30 bits per heavy atom. The Bertz CT molecular complexity index is 1070. The number of nitrogens with zero attached hydrogens (tertiary/aromatic N) is 1. The summed E-state index contributed by atoms with van der Waals surface area (Å²) in [6.07, 6.45) is -0.314. The average Bonchev–Trinajstić information content (AvgIpc) is 2.81. The maximum absolute atomic E-state index is 12.7. The first-order chi connectivity index (χ1) is 14.6. The van der Waals surface area contributed by atoms with Crippen molar-refractivity contribution in [2.24, 2.45) is 0 Å². The maximum atomic E-state index is 12.7. The molecule has 5 nitrogen and oxygen atoms in total. The van der Waals surface area contributed by atoms with Crippen molar-refractivity contribution in [1.82, 2.24) is 0 Å². The Labute approximate surface area is 175 Å². The summed E-state index contributed by atoms with van der Waals surface area (Å²) in [5.41, 5.74) is 3.29. The predicted molar refractivity (Wildman–Crippen MR) is 116 cm³/mol. The van der Waals surface area contributed by atoms with Gasteiger partial charge in [-0.15, -0.1) is 0 Å². The Morgan fingerprint density at radius 1 is 1.00 bits per heavy atom. The Balaban J connectivity index is 1.87. The molecule has 3 aromatic rings. The Hall–Kier alpha value is -3.72. The van der Waals surface area contributed by atoms with Gasteiger partial charge in [-0.05, 0) is 35.4 Å². The van der Waals surface area contributed by atoms with E-state index in [1.165, 1.54) is 4.90 Å². The van der Waals surface area contributed by atoms with Gasteiger partial charge in [-0.1, -0.05) is 60.5 Å². The van der Waals surface area contributed by atoms with Crippen LogP contribution in [0.3, 0.4) is 0 Å². The second-order valence-electron chi connectivity index (χ2n) is 6.62. The lowest BCUT2D eigenvalue weighted by molar-refractivity contribution is -0.113. The molecule has 5 heteroatoms. The lowest BCUT2D eigenvalue weighted by atomic mass is 9.98. The first kappa shape index (κ1) is 21.0. The summed E-state index contributed by atoms with van der Waals surface area (Å²) in [5.74, 6) is 4.84. The molecule has 0 aliphatic rings. The van der Waals surface area contributed by atoms with Crippen molar-refractivity contribution in [2.45, 2.75) is 6.10 Å². The molecule has 3 rings (SSSR count). The Morgan fingerprint density at radius 2 is 1.67 bits per heavy atom. The predicted octanol–water partition coefficient (Wildman–Crippen LogP) is 2.90. The molecule has 0 aliphatic heterocycles. The highest BCUT2D eigenvalue weighted by Gasteiger charge is 2.17. The fourth-order valence-electron chi connectivity index (χ4n) is 2.99. The Kier molecular flexibility index (Phi) is 7.12. The minimum atomic E-state index is -1.08. The molecule has 1 unspecified atom stereocenters. The molecule has 0 saturated carbocycles. The summed E-state index contributed by atoms with van der Waals surface area (Å²) in [5, 5.41) is 18.9. The van der Waals surface area contributed by atoms with Gasteiger partial charge in [0, 0.05) is 22.7 Å². The highest BCUT2D eigenvalue weighted by Crippen LogP contribution is 2.23. The van der Waals surface area contributed by atoms with Crippen LogP contribution < -0.4 is 4.90 Å². The quantitative estimate of drug-likeness (QED) is 0.494. The first-order valence-electron chi connectivity index (χ1n) is 9.44. The second-order valence-corrected chi connectivity index (χ2v) is 6.62. The van der Waals surface area contributed by atoms with Crippen molar-refractivity contribution in [3.8, 4) is 23.0 Å². The van der Waals surface area contributed by atoms with Gasteiger partial charge in [-0.2, -0.15) is 0 Å². The van der Waals surface area contributed by atoms with Gasteiger partial charge in [0.25, 0.3) is 0 Å². The largest absolute Gasteiger partial charge is 0.394 e. The van der Waals surface area contributed by atoms with Crippen LogP contribution in [0, 0.1) is 11.8 Å². The molecule has 1 amide bonds. The van der Waals surface area contributed by atoms with E-state index in [1.807, 2.05) is 36.4 Å². The fraction of sp³-hybridized carbons (Fsp3) is 0.120. The molecule has 0 radical (unpaired) electrons. The molecule has 0 spiro atoms. The zero-order valence-corrected chi connectivity index (χ0v) is 16.2. The lowest BCUT2D eigenvalue weighted by Crippen LogP contribution is -2.38. The lowest BCUT2D eigenvalue weighted by Gasteiger charge is -2.22. The van der Waals surface area contributed by atoms with Gasteiger partial charge in [0.15, 0.2) is 6.29 Å². The van der Waals surface area contributed by atoms with Crippen LogP contribution in [0.4, 0.5) is 5.69 Å². The molecule has 0 aromatic heterocycles. The van der Waals surface area contributed by atoms with Crippen LogP contribution >= 0.6 is 0 Å². The summed E-state index contributed by atoms with van der Waals surface area (Å²) in [7, 11) is 0. The number of aldehydes is 1. The average molecular weight is 399 g/mol. The van der Waals surface area contributed by atoms with Crippen LogP contribution in [0.15, 0.2) is 78.9 Å². The van der Waals surface area contributed by atoms with E-state index in [9.17, 15) is 14.7 Å². The highest BCUT2D eigenvalue weighted by molar-refractivity contribution is 6.06. The van der Waals surface area contributed by atoms with E-state index in [2.05, 4.69) is 11.8 Å². The molecule has 2 N–H and O–H groups in total. The number of rotatable bonds is 6. The smallest absolute Gasteiger partial charge is 0.303 e. The maximum Gasteiger partial charge on any atom is 0.303 e. The van der Waals surface area contributed by atoms with Crippen LogP contribution in [0.1, 0.15) is 15.9 Å². The minimum Gasteiger partial charge on any atom is -0.394 e. The zero-order valence-electron chi connectivity index (χ0n) is 16.2. The topological polar surface area (TPSA) is 77.8 Å². The van der Waals surface area contributed by atoms with Crippen LogP contribution in [-0.4, -0.2) is 41.7 Å². The molecular formula is C25H21NO4. The molecule has 150 valence electrons. The third-order valence-corrected chi connectivity index (χ3v) is 4.49. The summed E-state index contributed by atoms with van der Waals surface area (Å²) in [6.45, 7) is -0.547. The summed E-state index contributed by atoms with van der Waals surface area (Å²) < 4.78 is 0. The van der Waals surface area contributed by atoms with Crippen LogP contribution in [0.25, 0.3) is 11.1 Å². The third kappa shape index (κ3) is 5.21. The molecule has 0 bridgehead atoms. The van der Waals surface area contributed by atoms with Crippen LogP contribution in [0.5, 0.6) is 0 Å². The van der Waals surface area contributed by atoms with E-state index in [-0.39, 0.29) is 6.54 Å². The van der Waals surface area contributed by atoms with E-state index >= 15 is 0 Å². The number of amides is 1. The normalized spacial score (nSPS) is 11.1. The number of aliphatic hydroxyl groups is 2. The summed E-state index contributed by atoms with van der Waals surface area (Å²) in [6, 6.07) is 23.5. The van der Waals surface area contributed by atoms with Gasteiger partial charge in [0.1, 0.15) is 0 Å². The van der Waals surface area contributed by atoms with Gasteiger partial charge in [-0.3, -0.25) is 14.5 Å². The van der Waals surface area contributed by atoms with Crippen LogP contribution in [0.2, 0.25) is 0 Å². The van der Waals surface area contributed by atoms with Crippen molar-refractivity contribution in [3.63, 3.8) is 0 Å². The van der Waals surface area contributed by atoms with Crippen molar-refractivity contribution >= 4 is 17.9 Å². The minimum absolute atomic E-state index is 0.0828. The second kappa shape index (κ2) is 10.2. The molecule has 30 heavy (non-hydrogen) atoms. The SMILES string of the molecule is O=Cc1cc(C#CC(=O)N(CC(O)CO)c2ccccc2)ccc1-c1ccccc1. The number of carbonyl (C=O) groups is 2. The van der Waals surface area contributed by atoms with Crippen molar-refractivity contribution < 1.29 is 19.8 Å². The van der Waals surface area contributed by atoms with Gasteiger partial charge < -0.3 is 10.2 Å². The highest BCUT2D eigenvalue weighted by atomic mass is 16.3. The summed E-state index contributed by atoms with van der Waals surface area (Å²) in [4.78, 5) is 25.6. The summed E-state index contributed by atoms with van der Waals surface area (Å²) >= 11 is 0. The van der Waals surface area contributed by atoms with E-state index in [1.54, 1.807) is 42.5 Å². The van der Waals surface area contributed by atoms with Gasteiger partial charge in [0.05, 0.1) is 19.3 Å². The number of benzene rings is 3. The van der Waals surface area contributed by atoms with E-state index in [4.69, 9.17) is 5.11 Å². The molecule has 0 saturated heterocycles. The van der Waals surface area contributed by atoms with Crippen molar-refractivity contribution in [2.75, 3.05) is 18.1 Å². The van der Waals surface area contributed by atoms with E-state index in [0.29, 0.717) is 16.8 Å². The zero-order chi connectivity index (χ0) is 21.3. The fourth-order valence-corrected chi connectivity index (χ4v) is 2.99. The van der Waals surface area contributed by atoms with Crippen molar-refractivity contribution in [1.29, 1.82) is 0 Å². The number of hydrogen-bond acceptors (Lipinski definition) is 4. The number of carbonyl (C=O) groups excluding carboxylic acids is 2. The van der Waals surface area contributed by atoms with Crippen molar-refractivity contribution in [3.05, 3.63) is 90.0 Å². The molecule has 0 heterocycles. The standard InChI is InChI=1S/C25H21NO4/c27-17-21-15-19(11-13-24(21)20-7-3-1-4-8-20)12-14-25(30)26(16-23(29)18-28)22-9-5-2-6-10-22/h1-11,13,15,17,23,28-29H,16,18H2. The van der Waals surface area contributed by atoms with Gasteiger partial charge >= 0.3 is 5.91 Å². The molecule has 0 fully saturated rings. The van der Waals surface area contributed by atoms with Gasteiger partial charge in [-0.25, -0.2) is 0 Å². The number of aliphatic hydroxyl groups excluding tert-OH is 2. The third-order valence-electron chi connectivity index (χ3n) is 4.49. The van der Waals surface area contributed by atoms with Gasteiger partial charge in [0.2, 0.25) is 0 Å². The first-order valence-corrected chi connectivity index (χ1v) is 9.44. The molecular weight excluding hydrogens is 378 g/mol. The molecule has 0 aliphatic carbocycles.